The van der Waals surface area contributed by atoms with Crippen molar-refractivity contribution in [1.29, 1.82) is 0 Å². The van der Waals surface area contributed by atoms with Crippen molar-refractivity contribution in [3.8, 4) is 5.75 Å². The van der Waals surface area contributed by atoms with E-state index in [1.807, 2.05) is 25.1 Å². The lowest BCUT2D eigenvalue weighted by Gasteiger charge is -2.29. The van der Waals surface area contributed by atoms with Crippen LogP contribution in [0.5, 0.6) is 5.75 Å². The highest BCUT2D eigenvalue weighted by Crippen LogP contribution is 2.19. The van der Waals surface area contributed by atoms with Gasteiger partial charge in [-0.05, 0) is 69.5 Å². The maximum atomic E-state index is 12.2. The van der Waals surface area contributed by atoms with Crippen LogP contribution < -0.4 is 10.1 Å². The smallest absolute Gasteiger partial charge is 0.251 e. The number of piperidine rings is 1. The Morgan fingerprint density at radius 3 is 2.95 bits per heavy atom. The minimum atomic E-state index is 0.0133. The minimum Gasteiger partial charge on any atom is -0.497 e. The van der Waals surface area contributed by atoms with E-state index in [1.165, 1.54) is 19.4 Å². The lowest BCUT2D eigenvalue weighted by Crippen LogP contribution is -2.34. The predicted molar refractivity (Wildman–Crippen MR) is 84.9 cm³/mol. The molecular weight excluding hydrogens is 264 g/mol. The summed E-state index contributed by atoms with van der Waals surface area (Å²) in [5, 5.41) is 3.04. The van der Waals surface area contributed by atoms with Gasteiger partial charge < -0.3 is 15.0 Å². The van der Waals surface area contributed by atoms with Crippen LogP contribution in [0.1, 0.15) is 35.2 Å². The van der Waals surface area contributed by atoms with Gasteiger partial charge in [0, 0.05) is 18.7 Å². The zero-order chi connectivity index (χ0) is 15.2. The number of hydrogen-bond acceptors (Lipinski definition) is 3. The van der Waals surface area contributed by atoms with E-state index in [9.17, 15) is 4.79 Å². The molecule has 0 unspecified atom stereocenters. The number of nitrogens with one attached hydrogen (secondary N) is 1. The highest BCUT2D eigenvalue weighted by Gasteiger charge is 2.17. The number of benzene rings is 1. The van der Waals surface area contributed by atoms with Crippen LogP contribution >= 0.6 is 0 Å². The molecule has 1 aliphatic rings. The SMILES string of the molecule is COc1ccc(C(=O)NCC[C@@H]2CCCN(C)C2)c(C)c1. The summed E-state index contributed by atoms with van der Waals surface area (Å²) in [7, 11) is 3.81. The van der Waals surface area contributed by atoms with Crippen molar-refractivity contribution in [2.75, 3.05) is 33.8 Å². The van der Waals surface area contributed by atoms with E-state index >= 15 is 0 Å². The second kappa shape index (κ2) is 7.46. The summed E-state index contributed by atoms with van der Waals surface area (Å²) in [6.07, 6.45) is 3.61. The quantitative estimate of drug-likeness (QED) is 0.906. The molecule has 1 aromatic carbocycles. The molecule has 1 aliphatic heterocycles. The summed E-state index contributed by atoms with van der Waals surface area (Å²) >= 11 is 0. The molecule has 21 heavy (non-hydrogen) atoms. The van der Waals surface area contributed by atoms with Crippen LogP contribution in [-0.2, 0) is 0 Å². The third-order valence-electron chi connectivity index (χ3n) is 4.24. The summed E-state index contributed by atoms with van der Waals surface area (Å²) in [6.45, 7) is 5.04. The lowest BCUT2D eigenvalue weighted by molar-refractivity contribution is 0.0947. The Morgan fingerprint density at radius 1 is 1.48 bits per heavy atom. The van der Waals surface area contributed by atoms with E-state index in [2.05, 4.69) is 17.3 Å². The van der Waals surface area contributed by atoms with Crippen LogP contribution in [0.2, 0.25) is 0 Å². The molecule has 1 fully saturated rings. The van der Waals surface area contributed by atoms with Gasteiger partial charge in [-0.15, -0.1) is 0 Å². The average Bonchev–Trinajstić information content (AvgIpc) is 2.47. The largest absolute Gasteiger partial charge is 0.497 e. The Balaban J connectivity index is 1.81. The number of carbonyl (C=O) groups is 1. The molecule has 2 rings (SSSR count). The third kappa shape index (κ3) is 4.46. The van der Waals surface area contributed by atoms with Gasteiger partial charge in [0.1, 0.15) is 5.75 Å². The number of nitrogens with zero attached hydrogens (tertiary/aromatic N) is 1. The van der Waals surface area contributed by atoms with Crippen LogP contribution in [0.25, 0.3) is 0 Å². The van der Waals surface area contributed by atoms with Crippen molar-refractivity contribution >= 4 is 5.91 Å². The van der Waals surface area contributed by atoms with E-state index < -0.39 is 0 Å². The molecule has 1 aromatic rings. The van der Waals surface area contributed by atoms with Gasteiger partial charge in [0.2, 0.25) is 0 Å². The summed E-state index contributed by atoms with van der Waals surface area (Å²) in [4.78, 5) is 14.6. The average molecular weight is 290 g/mol. The number of ether oxygens (including phenoxy) is 1. The van der Waals surface area contributed by atoms with Gasteiger partial charge in [0.15, 0.2) is 0 Å². The summed E-state index contributed by atoms with van der Waals surface area (Å²) < 4.78 is 5.16. The van der Waals surface area contributed by atoms with Gasteiger partial charge in [-0.3, -0.25) is 4.79 Å². The summed E-state index contributed by atoms with van der Waals surface area (Å²) in [5.74, 6) is 1.51. The number of aryl methyl sites for hydroxylation is 1. The number of carbonyl (C=O) groups excluding carboxylic acids is 1. The Bertz CT molecular complexity index is 488. The summed E-state index contributed by atoms with van der Waals surface area (Å²) in [6, 6.07) is 5.56. The van der Waals surface area contributed by atoms with Gasteiger partial charge in [0.05, 0.1) is 7.11 Å². The van der Waals surface area contributed by atoms with Crippen LogP contribution in [0.15, 0.2) is 18.2 Å². The molecule has 0 saturated carbocycles. The van der Waals surface area contributed by atoms with Gasteiger partial charge in [-0.1, -0.05) is 0 Å². The second-order valence-corrected chi connectivity index (χ2v) is 6.00. The first-order valence-corrected chi connectivity index (χ1v) is 7.71. The fourth-order valence-corrected chi connectivity index (χ4v) is 3.01. The zero-order valence-electron chi connectivity index (χ0n) is 13.3. The van der Waals surface area contributed by atoms with Crippen LogP contribution in [0.3, 0.4) is 0 Å². The summed E-state index contributed by atoms with van der Waals surface area (Å²) in [5.41, 5.74) is 1.68. The molecule has 1 saturated heterocycles. The molecular formula is C17H26N2O2. The Kier molecular flexibility index (Phi) is 5.62. The van der Waals surface area contributed by atoms with Crippen molar-refractivity contribution in [2.45, 2.75) is 26.2 Å². The van der Waals surface area contributed by atoms with Crippen molar-refractivity contribution in [3.05, 3.63) is 29.3 Å². The van der Waals surface area contributed by atoms with Gasteiger partial charge in [-0.25, -0.2) is 0 Å². The van der Waals surface area contributed by atoms with Gasteiger partial charge in [-0.2, -0.15) is 0 Å². The van der Waals surface area contributed by atoms with E-state index in [4.69, 9.17) is 4.74 Å². The van der Waals surface area contributed by atoms with Crippen LogP contribution in [-0.4, -0.2) is 44.6 Å². The van der Waals surface area contributed by atoms with Crippen molar-refractivity contribution < 1.29 is 9.53 Å². The third-order valence-corrected chi connectivity index (χ3v) is 4.24. The predicted octanol–water partition coefficient (Wildman–Crippen LogP) is 2.47. The van der Waals surface area contributed by atoms with E-state index in [0.717, 1.165) is 36.4 Å². The normalized spacial score (nSPS) is 19.3. The number of likely N-dealkylation sites (tertiary alicyclic amines) is 1. The molecule has 0 aliphatic carbocycles. The Hall–Kier alpha value is -1.55. The van der Waals surface area contributed by atoms with Crippen molar-refractivity contribution in [3.63, 3.8) is 0 Å². The molecule has 0 radical (unpaired) electrons. The standard InChI is InChI=1S/C17H26N2O2/c1-13-11-15(21-3)6-7-16(13)17(20)18-9-8-14-5-4-10-19(2)12-14/h6-7,11,14H,4-5,8-10,12H2,1-3H3,(H,18,20)/t14-/m0/s1. The van der Waals surface area contributed by atoms with Crippen LogP contribution in [0, 0.1) is 12.8 Å². The maximum absolute atomic E-state index is 12.2. The minimum absolute atomic E-state index is 0.0133. The van der Waals surface area contributed by atoms with Gasteiger partial charge in [0.25, 0.3) is 5.91 Å². The first-order chi connectivity index (χ1) is 10.1. The van der Waals surface area contributed by atoms with Crippen LogP contribution in [0.4, 0.5) is 0 Å². The molecule has 4 nitrogen and oxygen atoms in total. The number of amides is 1. The molecule has 0 bridgehead atoms. The zero-order valence-corrected chi connectivity index (χ0v) is 13.3. The second-order valence-electron chi connectivity index (χ2n) is 6.00. The molecule has 0 aromatic heterocycles. The highest BCUT2D eigenvalue weighted by molar-refractivity contribution is 5.95. The lowest BCUT2D eigenvalue weighted by atomic mass is 9.95. The Labute approximate surface area is 127 Å². The van der Waals surface area contributed by atoms with Crippen molar-refractivity contribution in [2.24, 2.45) is 5.92 Å². The monoisotopic (exact) mass is 290 g/mol. The molecule has 1 heterocycles. The highest BCUT2D eigenvalue weighted by atomic mass is 16.5. The number of hydrogen-bond donors (Lipinski definition) is 1. The Morgan fingerprint density at radius 2 is 2.29 bits per heavy atom. The molecule has 0 spiro atoms. The fraction of sp³-hybridized carbons (Fsp3) is 0.588. The van der Waals surface area contributed by atoms with E-state index in [-0.39, 0.29) is 5.91 Å². The van der Waals surface area contributed by atoms with E-state index in [0.29, 0.717) is 5.92 Å². The first kappa shape index (κ1) is 15.8. The molecule has 1 N–H and O–H groups in total. The molecule has 4 heteroatoms. The fourth-order valence-electron chi connectivity index (χ4n) is 3.01. The molecule has 1 amide bonds. The van der Waals surface area contributed by atoms with Crippen molar-refractivity contribution in [1.82, 2.24) is 10.2 Å². The maximum Gasteiger partial charge on any atom is 0.251 e. The number of methoxy groups -OCH3 is 1. The first-order valence-electron chi connectivity index (χ1n) is 7.71. The van der Waals surface area contributed by atoms with Gasteiger partial charge >= 0.3 is 0 Å². The number of rotatable bonds is 5. The molecule has 1 atom stereocenters. The van der Waals surface area contributed by atoms with E-state index in [1.54, 1.807) is 7.11 Å². The topological polar surface area (TPSA) is 41.6 Å². The molecule has 116 valence electrons.